The Balaban J connectivity index is 1.14. The maximum atomic E-state index is 12.5. The van der Waals surface area contributed by atoms with Crippen LogP contribution in [-0.2, 0) is 32.5 Å². The zero-order valence-corrected chi connectivity index (χ0v) is 28.8. The number of carboxylic acid groups (broad SMARTS) is 1. The highest BCUT2D eigenvalue weighted by Gasteiger charge is 2.82. The maximum absolute atomic E-state index is 12.5. The molecule has 1 aromatic heterocycles. The van der Waals surface area contributed by atoms with Crippen LogP contribution in [0.5, 0.6) is 11.5 Å². The summed E-state index contributed by atoms with van der Waals surface area (Å²) in [7, 11) is 1.76. The molecule has 3 aliphatic heterocycles. The molecule has 4 saturated carbocycles. The summed E-state index contributed by atoms with van der Waals surface area (Å²) >= 11 is 1.71. The van der Waals surface area contributed by atoms with Crippen LogP contribution < -0.4 is 9.47 Å². The Bertz CT molecular complexity index is 1630. The average Bonchev–Trinajstić information content (AvgIpc) is 3.59. The third kappa shape index (κ3) is 4.41. The van der Waals surface area contributed by atoms with Crippen molar-refractivity contribution in [3.8, 4) is 11.5 Å². The molecule has 8 aliphatic rings. The van der Waals surface area contributed by atoms with Crippen molar-refractivity contribution in [1.82, 2.24) is 4.90 Å². The number of hydrogen-bond acceptors (Lipinski definition) is 11. The number of nitrogens with zero attached hydrogens (tertiary/aromatic N) is 1. The minimum absolute atomic E-state index is 0.172. The molecule has 2 saturated heterocycles. The van der Waals surface area contributed by atoms with E-state index < -0.39 is 54.0 Å². The van der Waals surface area contributed by atoms with Crippen LogP contribution in [-0.4, -0.2) is 111 Å². The molecule has 2 spiro atoms. The number of aliphatic hydroxyl groups is 4. The van der Waals surface area contributed by atoms with Crippen LogP contribution in [0.2, 0.25) is 0 Å². The zero-order valence-electron chi connectivity index (χ0n) is 28.0. The molecule has 266 valence electrons. The Kier molecular flexibility index (Phi) is 7.39. The number of methoxy groups -OCH3 is 1. The average molecular weight is 698 g/mol. The zero-order chi connectivity index (χ0) is 34.1. The number of benzene rings is 1. The third-order valence-electron chi connectivity index (χ3n) is 13.9. The van der Waals surface area contributed by atoms with Gasteiger partial charge in [0.2, 0.25) is 6.29 Å². The molecule has 12 atom stereocenters. The number of aryl methyl sites for hydroxylation is 1. The molecule has 0 radical (unpaired) electrons. The molecule has 49 heavy (non-hydrogen) atoms. The lowest BCUT2D eigenvalue weighted by Crippen LogP contribution is -2.82. The van der Waals surface area contributed by atoms with E-state index in [1.807, 2.05) is 6.92 Å². The summed E-state index contributed by atoms with van der Waals surface area (Å²) in [5, 5.41) is 55.9. The smallest absolute Gasteiger partial charge is 0.335 e. The maximum Gasteiger partial charge on any atom is 0.335 e. The molecule has 5 N–H and O–H groups in total. The highest BCUT2D eigenvalue weighted by Crippen LogP contribution is 2.77. The molecule has 5 aliphatic carbocycles. The number of likely N-dealkylation sites (tertiary alicyclic amines) is 1. The van der Waals surface area contributed by atoms with Gasteiger partial charge < -0.3 is 44.5 Å². The van der Waals surface area contributed by atoms with E-state index in [0.29, 0.717) is 24.0 Å². The number of hydrogen-bond donors (Lipinski definition) is 5. The second-order valence-corrected chi connectivity index (χ2v) is 17.2. The summed E-state index contributed by atoms with van der Waals surface area (Å²) in [6.07, 6.45) is -0.777. The molecular weight excluding hydrogens is 650 g/mol. The van der Waals surface area contributed by atoms with Crippen molar-refractivity contribution in [3.05, 3.63) is 45.6 Å². The lowest BCUT2D eigenvalue weighted by atomic mass is 9.33. The molecule has 2 aromatic rings. The van der Waals surface area contributed by atoms with Gasteiger partial charge in [0.1, 0.15) is 30.0 Å². The van der Waals surface area contributed by atoms with Gasteiger partial charge in [-0.25, -0.2) is 4.79 Å². The Morgan fingerprint density at radius 1 is 1.12 bits per heavy atom. The molecule has 6 fully saturated rings. The largest absolute Gasteiger partial charge is 0.482 e. The first kappa shape index (κ1) is 32.6. The van der Waals surface area contributed by atoms with Gasteiger partial charge in [-0.15, -0.1) is 11.3 Å². The number of fused-ring (bicyclic) bond motifs is 2. The molecule has 1 aromatic carbocycles. The van der Waals surface area contributed by atoms with Crippen molar-refractivity contribution in [2.24, 2.45) is 17.3 Å². The number of ether oxygens (including phenoxy) is 4. The first-order valence-electron chi connectivity index (χ1n) is 17.9. The fraction of sp³-hybridized carbons (Fsp3) is 0.703. The Labute approximate surface area is 289 Å². The number of rotatable bonds is 10. The number of aliphatic hydroxyl groups excluding tert-OH is 3. The molecule has 0 amide bonds. The number of thiophene rings is 1. The predicted molar refractivity (Wildman–Crippen MR) is 177 cm³/mol. The highest BCUT2D eigenvalue weighted by atomic mass is 32.1. The second kappa shape index (κ2) is 11.1. The van der Waals surface area contributed by atoms with Gasteiger partial charge in [-0.05, 0) is 100 Å². The fourth-order valence-electron chi connectivity index (χ4n) is 11.5. The monoisotopic (exact) mass is 697 g/mol. The summed E-state index contributed by atoms with van der Waals surface area (Å²) in [5.41, 5.74) is -0.0504. The number of aliphatic carboxylic acids is 1. The van der Waals surface area contributed by atoms with Gasteiger partial charge >= 0.3 is 5.97 Å². The first-order chi connectivity index (χ1) is 23.5. The summed E-state index contributed by atoms with van der Waals surface area (Å²) in [5.74, 6) is -0.0672. The second-order valence-electron chi connectivity index (χ2n) is 16.2. The van der Waals surface area contributed by atoms with Crippen molar-refractivity contribution in [2.45, 2.75) is 124 Å². The van der Waals surface area contributed by atoms with Crippen molar-refractivity contribution in [1.29, 1.82) is 0 Å². The van der Waals surface area contributed by atoms with E-state index >= 15 is 0 Å². The van der Waals surface area contributed by atoms with Gasteiger partial charge in [0.25, 0.3) is 0 Å². The van der Waals surface area contributed by atoms with E-state index in [0.717, 1.165) is 63.1 Å². The molecule has 12 heteroatoms. The molecule has 4 heterocycles. The van der Waals surface area contributed by atoms with Gasteiger partial charge in [-0.3, -0.25) is 4.90 Å². The predicted octanol–water partition coefficient (Wildman–Crippen LogP) is 2.63. The minimum atomic E-state index is -1.82. The standard InChI is InChI=1S/C37H47NO10S/c1-34(44,10-9-21-4-3-15-49-21)23-17-35-11-12-37(23,45-2)33-36(35)13-14-38(18-19-5-6-19)24(35)16-20-7-8-22(29(48-33)25(20)36)46-32-28(41)26(39)27(40)30(47-32)31(42)43/h3-4,7-8,15,19,23-24,26-28,30,32-33,39-41,44H,5-6,9-14,16-18H2,1-2H3,(H,42,43)/t23?,24-,26+,27+,28-,30+,32-,33?,34-,35+,36+,37-/m1/s1. The third-order valence-corrected chi connectivity index (χ3v) is 14.8. The SMILES string of the molecule is CO[C@]12CC[C@]3(CC1[C@](C)(O)CCc1cccs1)[C@H]1Cc4ccc(O[C@@H]5O[C@H](C(=O)O)[C@@H](O)[C@H](O)[C@H]5O)c5c4[C@@]3(CCN1CC1CC1)C2O5. The highest BCUT2D eigenvalue weighted by molar-refractivity contribution is 7.09. The van der Waals surface area contributed by atoms with Gasteiger partial charge in [-0.1, -0.05) is 12.1 Å². The van der Waals surface area contributed by atoms with Crippen LogP contribution in [0.15, 0.2) is 29.6 Å². The Morgan fingerprint density at radius 3 is 2.65 bits per heavy atom. The van der Waals surface area contributed by atoms with Crippen molar-refractivity contribution in [2.75, 3.05) is 20.2 Å². The number of carbonyl (C=O) groups is 1. The summed E-state index contributed by atoms with van der Waals surface area (Å²) < 4.78 is 25.7. The summed E-state index contributed by atoms with van der Waals surface area (Å²) in [6, 6.07) is 8.32. The Morgan fingerprint density at radius 2 is 1.94 bits per heavy atom. The molecule has 10 rings (SSSR count). The van der Waals surface area contributed by atoms with E-state index in [9.17, 15) is 30.3 Å². The van der Waals surface area contributed by atoms with E-state index in [4.69, 9.17) is 18.9 Å². The minimum Gasteiger partial charge on any atom is -0.482 e. The van der Waals surface area contributed by atoms with Gasteiger partial charge in [0.05, 0.1) is 5.60 Å². The van der Waals surface area contributed by atoms with Crippen LogP contribution >= 0.6 is 11.3 Å². The summed E-state index contributed by atoms with van der Waals surface area (Å²) in [4.78, 5) is 15.9. The number of carboxylic acids is 1. The van der Waals surface area contributed by atoms with Gasteiger partial charge in [-0.2, -0.15) is 0 Å². The van der Waals surface area contributed by atoms with Crippen LogP contribution in [0.25, 0.3) is 0 Å². The van der Waals surface area contributed by atoms with E-state index in [-0.39, 0.29) is 16.7 Å². The number of piperidine rings is 1. The molecule has 11 nitrogen and oxygen atoms in total. The Hall–Kier alpha value is -2.29. The van der Waals surface area contributed by atoms with Crippen LogP contribution in [0.4, 0.5) is 0 Å². The normalized spacial score (nSPS) is 43.1. The van der Waals surface area contributed by atoms with Crippen molar-refractivity contribution >= 4 is 17.3 Å². The van der Waals surface area contributed by atoms with E-state index in [1.165, 1.54) is 23.3 Å². The first-order valence-corrected chi connectivity index (χ1v) is 18.8. The molecule has 4 bridgehead atoms. The topological polar surface area (TPSA) is 158 Å². The lowest BCUT2D eigenvalue weighted by Gasteiger charge is -2.75. The van der Waals surface area contributed by atoms with E-state index in [1.54, 1.807) is 24.5 Å². The van der Waals surface area contributed by atoms with Gasteiger partial charge in [0, 0.05) is 46.9 Å². The van der Waals surface area contributed by atoms with Crippen LogP contribution in [0, 0.1) is 17.3 Å². The van der Waals surface area contributed by atoms with Crippen molar-refractivity contribution in [3.63, 3.8) is 0 Å². The van der Waals surface area contributed by atoms with Crippen molar-refractivity contribution < 1.29 is 49.3 Å². The molecule has 2 unspecified atom stereocenters. The van der Waals surface area contributed by atoms with Crippen LogP contribution in [0.1, 0.15) is 67.9 Å². The fourth-order valence-corrected chi connectivity index (χ4v) is 12.2. The van der Waals surface area contributed by atoms with E-state index in [2.05, 4.69) is 28.5 Å². The lowest BCUT2D eigenvalue weighted by molar-refractivity contribution is -0.303. The van der Waals surface area contributed by atoms with Crippen LogP contribution in [0.3, 0.4) is 0 Å². The molecular formula is C37H47NO10S. The van der Waals surface area contributed by atoms with Gasteiger partial charge in [0.15, 0.2) is 17.6 Å². The quantitative estimate of drug-likeness (QED) is 0.249. The summed E-state index contributed by atoms with van der Waals surface area (Å²) in [6.45, 7) is 4.03.